The summed E-state index contributed by atoms with van der Waals surface area (Å²) in [6, 6.07) is 15.3. The number of halogens is 1. The molecule has 4 nitrogen and oxygen atoms in total. The van der Waals surface area contributed by atoms with Crippen molar-refractivity contribution < 1.29 is 13.9 Å². The van der Waals surface area contributed by atoms with E-state index in [1.165, 1.54) is 24.3 Å². The van der Waals surface area contributed by atoms with Crippen molar-refractivity contribution in [1.29, 1.82) is 0 Å². The van der Waals surface area contributed by atoms with Gasteiger partial charge in [-0.3, -0.25) is 4.79 Å². The number of nitrogens with one attached hydrogen (secondary N) is 1. The molecule has 0 aliphatic rings. The van der Waals surface area contributed by atoms with Gasteiger partial charge in [0.1, 0.15) is 11.6 Å². The predicted molar refractivity (Wildman–Crippen MR) is 92.4 cm³/mol. The minimum absolute atomic E-state index is 0.132. The Bertz CT molecular complexity index is 644. The van der Waals surface area contributed by atoms with Crippen molar-refractivity contribution in [2.75, 3.05) is 20.6 Å². The highest BCUT2D eigenvalue weighted by atomic mass is 19.1. The second-order valence-electron chi connectivity index (χ2n) is 5.95. The molecular weight excluding hydrogens is 307 g/mol. The average molecular weight is 330 g/mol. The SMILES string of the molecule is C[C@@H](Oc1ccc(F)cc1)C(=O)N[C@H](CN(C)C)c1ccccc1. The van der Waals surface area contributed by atoms with Crippen LogP contribution in [0.3, 0.4) is 0 Å². The minimum Gasteiger partial charge on any atom is -0.481 e. The van der Waals surface area contributed by atoms with Crippen LogP contribution < -0.4 is 10.1 Å². The van der Waals surface area contributed by atoms with Gasteiger partial charge in [-0.1, -0.05) is 30.3 Å². The van der Waals surface area contributed by atoms with Gasteiger partial charge in [0.2, 0.25) is 0 Å². The Morgan fingerprint density at radius 1 is 1.12 bits per heavy atom. The third kappa shape index (κ3) is 5.35. The summed E-state index contributed by atoms with van der Waals surface area (Å²) in [7, 11) is 3.92. The molecule has 0 radical (unpaired) electrons. The van der Waals surface area contributed by atoms with Crippen LogP contribution in [0.2, 0.25) is 0 Å². The number of carbonyl (C=O) groups is 1. The van der Waals surface area contributed by atoms with E-state index >= 15 is 0 Å². The van der Waals surface area contributed by atoms with Crippen LogP contribution in [0.1, 0.15) is 18.5 Å². The number of carbonyl (C=O) groups excluding carboxylic acids is 1. The van der Waals surface area contributed by atoms with E-state index in [1.807, 2.05) is 49.3 Å². The van der Waals surface area contributed by atoms with E-state index in [2.05, 4.69) is 5.32 Å². The average Bonchev–Trinajstić information content (AvgIpc) is 2.56. The van der Waals surface area contributed by atoms with E-state index in [1.54, 1.807) is 6.92 Å². The van der Waals surface area contributed by atoms with Crippen molar-refractivity contribution in [3.05, 3.63) is 66.0 Å². The summed E-state index contributed by atoms with van der Waals surface area (Å²) < 4.78 is 18.5. The van der Waals surface area contributed by atoms with Crippen molar-refractivity contribution in [2.45, 2.75) is 19.1 Å². The fourth-order valence-electron chi connectivity index (χ4n) is 2.34. The van der Waals surface area contributed by atoms with E-state index in [9.17, 15) is 9.18 Å². The first-order valence-corrected chi connectivity index (χ1v) is 7.88. The first kappa shape index (κ1) is 17.9. The summed E-state index contributed by atoms with van der Waals surface area (Å²) in [5.41, 5.74) is 1.04. The molecule has 1 amide bonds. The number of likely N-dealkylation sites (N-methyl/N-ethyl adjacent to an activating group) is 1. The van der Waals surface area contributed by atoms with Crippen molar-refractivity contribution >= 4 is 5.91 Å². The zero-order valence-electron chi connectivity index (χ0n) is 14.2. The quantitative estimate of drug-likeness (QED) is 0.848. The van der Waals surface area contributed by atoms with Gasteiger partial charge in [-0.25, -0.2) is 4.39 Å². The molecule has 0 saturated carbocycles. The third-order valence-electron chi connectivity index (χ3n) is 3.56. The Hall–Kier alpha value is -2.40. The minimum atomic E-state index is -0.677. The Morgan fingerprint density at radius 3 is 2.33 bits per heavy atom. The number of benzene rings is 2. The highest BCUT2D eigenvalue weighted by molar-refractivity contribution is 5.81. The topological polar surface area (TPSA) is 41.6 Å². The lowest BCUT2D eigenvalue weighted by molar-refractivity contribution is -0.128. The van der Waals surface area contributed by atoms with E-state index in [4.69, 9.17) is 4.74 Å². The Labute approximate surface area is 142 Å². The number of ether oxygens (including phenoxy) is 1. The molecule has 0 aliphatic heterocycles. The fraction of sp³-hybridized carbons (Fsp3) is 0.316. The van der Waals surface area contributed by atoms with Gasteiger partial charge in [-0.05, 0) is 50.8 Å². The molecule has 128 valence electrons. The van der Waals surface area contributed by atoms with Crippen molar-refractivity contribution in [3.63, 3.8) is 0 Å². The Morgan fingerprint density at radius 2 is 1.75 bits per heavy atom. The molecule has 0 fully saturated rings. The van der Waals surface area contributed by atoms with Crippen molar-refractivity contribution in [3.8, 4) is 5.75 Å². The largest absolute Gasteiger partial charge is 0.481 e. The number of nitrogens with zero attached hydrogens (tertiary/aromatic N) is 1. The van der Waals surface area contributed by atoms with E-state index in [0.29, 0.717) is 12.3 Å². The maximum absolute atomic E-state index is 12.9. The summed E-state index contributed by atoms with van der Waals surface area (Å²) in [6.45, 7) is 2.36. The number of hydrogen-bond donors (Lipinski definition) is 1. The molecule has 0 heterocycles. The third-order valence-corrected chi connectivity index (χ3v) is 3.56. The molecule has 0 aromatic heterocycles. The summed E-state index contributed by atoms with van der Waals surface area (Å²) in [5.74, 6) is -0.0903. The molecule has 0 spiro atoms. The monoisotopic (exact) mass is 330 g/mol. The molecule has 2 atom stereocenters. The van der Waals surface area contributed by atoms with Gasteiger partial charge in [0.15, 0.2) is 6.10 Å². The van der Waals surface area contributed by atoms with Gasteiger partial charge < -0.3 is 15.0 Å². The number of hydrogen-bond acceptors (Lipinski definition) is 3. The molecule has 0 bridgehead atoms. The Balaban J connectivity index is 2.02. The van der Waals surface area contributed by atoms with Gasteiger partial charge in [0.05, 0.1) is 6.04 Å². The van der Waals surface area contributed by atoms with E-state index < -0.39 is 6.10 Å². The summed E-state index contributed by atoms with van der Waals surface area (Å²) in [4.78, 5) is 14.5. The molecule has 0 saturated heterocycles. The van der Waals surface area contributed by atoms with E-state index in [0.717, 1.165) is 5.56 Å². The summed E-state index contributed by atoms with van der Waals surface area (Å²) in [6.07, 6.45) is -0.677. The van der Waals surface area contributed by atoms with Crippen LogP contribution in [-0.2, 0) is 4.79 Å². The molecule has 0 unspecified atom stereocenters. The molecular formula is C19H23FN2O2. The van der Waals surface area contributed by atoms with Crippen LogP contribution in [0.5, 0.6) is 5.75 Å². The van der Waals surface area contributed by atoms with Gasteiger partial charge in [-0.2, -0.15) is 0 Å². The van der Waals surface area contributed by atoms with Gasteiger partial charge in [-0.15, -0.1) is 0 Å². The molecule has 24 heavy (non-hydrogen) atoms. The second-order valence-corrected chi connectivity index (χ2v) is 5.95. The van der Waals surface area contributed by atoms with Gasteiger partial charge in [0.25, 0.3) is 5.91 Å². The summed E-state index contributed by atoms with van der Waals surface area (Å²) in [5, 5.41) is 3.02. The smallest absolute Gasteiger partial charge is 0.261 e. The Kier molecular flexibility index (Phi) is 6.32. The van der Waals surface area contributed by atoms with Crippen molar-refractivity contribution in [1.82, 2.24) is 10.2 Å². The highest BCUT2D eigenvalue weighted by Gasteiger charge is 2.20. The van der Waals surface area contributed by atoms with E-state index in [-0.39, 0.29) is 17.8 Å². The lowest BCUT2D eigenvalue weighted by atomic mass is 10.1. The van der Waals surface area contributed by atoms with Crippen LogP contribution in [0.15, 0.2) is 54.6 Å². The number of rotatable bonds is 7. The maximum atomic E-state index is 12.9. The van der Waals surface area contributed by atoms with Crippen LogP contribution in [0.25, 0.3) is 0 Å². The molecule has 2 rings (SSSR count). The zero-order valence-corrected chi connectivity index (χ0v) is 14.2. The van der Waals surface area contributed by atoms with Crippen LogP contribution in [-0.4, -0.2) is 37.6 Å². The second kappa shape index (κ2) is 8.45. The van der Waals surface area contributed by atoms with Crippen molar-refractivity contribution in [2.24, 2.45) is 0 Å². The first-order valence-electron chi connectivity index (χ1n) is 7.88. The van der Waals surface area contributed by atoms with Crippen LogP contribution in [0, 0.1) is 5.82 Å². The predicted octanol–water partition coefficient (Wildman–Crippen LogP) is 3.01. The highest BCUT2D eigenvalue weighted by Crippen LogP contribution is 2.16. The standard InChI is InChI=1S/C19H23FN2O2/c1-14(24-17-11-9-16(20)10-12-17)19(23)21-18(13-22(2)3)15-7-5-4-6-8-15/h4-12,14,18H,13H2,1-3H3,(H,21,23)/t14-,18-/m1/s1. The molecule has 5 heteroatoms. The van der Waals surface area contributed by atoms with Gasteiger partial charge in [0, 0.05) is 6.54 Å². The lowest BCUT2D eigenvalue weighted by Gasteiger charge is -2.24. The molecule has 0 aliphatic carbocycles. The normalized spacial score (nSPS) is 13.4. The van der Waals surface area contributed by atoms with Crippen LogP contribution >= 0.6 is 0 Å². The first-order chi connectivity index (χ1) is 11.5. The number of amides is 1. The van der Waals surface area contributed by atoms with Gasteiger partial charge >= 0.3 is 0 Å². The molecule has 1 N–H and O–H groups in total. The molecule has 2 aromatic rings. The fourth-order valence-corrected chi connectivity index (χ4v) is 2.34. The maximum Gasteiger partial charge on any atom is 0.261 e. The summed E-state index contributed by atoms with van der Waals surface area (Å²) >= 11 is 0. The van der Waals surface area contributed by atoms with Crippen LogP contribution in [0.4, 0.5) is 4.39 Å². The lowest BCUT2D eigenvalue weighted by Crippen LogP contribution is -2.41. The zero-order chi connectivity index (χ0) is 17.5. The molecule has 2 aromatic carbocycles.